The summed E-state index contributed by atoms with van der Waals surface area (Å²) in [5.74, 6) is -5.15. The zero-order valence-corrected chi connectivity index (χ0v) is 18.4. The van der Waals surface area contributed by atoms with Gasteiger partial charge in [-0.25, -0.2) is 0 Å². The Labute approximate surface area is 195 Å². The van der Waals surface area contributed by atoms with E-state index in [9.17, 15) is 44.7 Å². The Morgan fingerprint density at radius 1 is 0.706 bits per heavy atom. The Hall–Kier alpha value is -3.96. The Balaban J connectivity index is 2.43. The summed E-state index contributed by atoms with van der Waals surface area (Å²) in [5.41, 5.74) is -0.0126. The van der Waals surface area contributed by atoms with Crippen LogP contribution in [0.25, 0.3) is 0 Å². The lowest BCUT2D eigenvalue weighted by Crippen LogP contribution is -2.45. The molecule has 1 unspecified atom stereocenters. The lowest BCUT2D eigenvalue weighted by atomic mass is 10.0. The van der Waals surface area contributed by atoms with Crippen LogP contribution in [0.15, 0.2) is 48.5 Å². The molecule has 5 N–H and O–H groups in total. The molecule has 0 spiro atoms. The van der Waals surface area contributed by atoms with E-state index in [-0.39, 0.29) is 48.0 Å². The minimum absolute atomic E-state index is 0.0246. The normalized spacial score (nSPS) is 12.9. The van der Waals surface area contributed by atoms with Crippen molar-refractivity contribution in [1.29, 1.82) is 0 Å². The van der Waals surface area contributed by atoms with Gasteiger partial charge in [0.1, 0.15) is 29.4 Å². The van der Waals surface area contributed by atoms with Crippen LogP contribution in [0.1, 0.15) is 30.1 Å². The number of carbonyl (C=O) groups is 4. The van der Waals surface area contributed by atoms with Gasteiger partial charge >= 0.3 is 17.9 Å². The summed E-state index contributed by atoms with van der Waals surface area (Å²) in [6.45, 7) is -0.334. The van der Waals surface area contributed by atoms with Crippen LogP contribution < -0.4 is 0 Å². The molecule has 2 aromatic rings. The third kappa shape index (κ3) is 6.77. The van der Waals surface area contributed by atoms with E-state index in [4.69, 9.17) is 0 Å². The van der Waals surface area contributed by atoms with E-state index in [0.717, 1.165) is 4.90 Å². The van der Waals surface area contributed by atoms with Crippen LogP contribution in [0, 0.1) is 0 Å². The Morgan fingerprint density at radius 2 is 1.09 bits per heavy atom. The number of phenolic OH excluding ortho intramolecular Hbond substituents is 2. The second-order valence-electron chi connectivity index (χ2n) is 7.64. The van der Waals surface area contributed by atoms with Crippen molar-refractivity contribution in [1.82, 2.24) is 9.80 Å². The predicted molar refractivity (Wildman–Crippen MR) is 118 cm³/mol. The summed E-state index contributed by atoms with van der Waals surface area (Å²) in [7, 11) is 0. The highest BCUT2D eigenvalue weighted by molar-refractivity contribution is 5.81. The molecule has 2 rings (SSSR count). The number of Topliss-reactive ketones (excluding diaryl/α,β-unsaturated/α-hetero) is 1. The summed E-state index contributed by atoms with van der Waals surface area (Å²) < 4.78 is 0. The van der Waals surface area contributed by atoms with Gasteiger partial charge in [-0.2, -0.15) is 0 Å². The molecule has 11 nitrogen and oxygen atoms in total. The number of nitrogens with zero attached hydrogens (tertiary/aromatic N) is 2. The first-order chi connectivity index (χ1) is 16.0. The van der Waals surface area contributed by atoms with Crippen LogP contribution in [0.2, 0.25) is 0 Å². The highest BCUT2D eigenvalue weighted by atomic mass is 16.4. The highest BCUT2D eigenvalue weighted by Crippen LogP contribution is 2.31. The van der Waals surface area contributed by atoms with E-state index in [1.54, 1.807) is 0 Å². The standard InChI is InChI=1S/C23H26N2O9/c1-14(26)12-24(20(22(31)32)15-6-2-4-8-17(15)27)10-11-25(13-19(29)30)21(23(33)34)16-7-3-5-9-18(16)28/h2-9,20-21,27-28H,10-13H2,1H3,(H,29,30)(H,31,32)(H,33,34)/t20-,21?/m0/s1. The number of carbonyl (C=O) groups excluding carboxylic acids is 1. The topological polar surface area (TPSA) is 176 Å². The van der Waals surface area contributed by atoms with Crippen molar-refractivity contribution in [3.05, 3.63) is 59.7 Å². The molecule has 0 aliphatic rings. The molecule has 34 heavy (non-hydrogen) atoms. The summed E-state index contributed by atoms with van der Waals surface area (Å²) >= 11 is 0. The summed E-state index contributed by atoms with van der Waals surface area (Å²) in [6.07, 6.45) is 0. The van der Waals surface area contributed by atoms with Crippen LogP contribution in [0.4, 0.5) is 0 Å². The van der Waals surface area contributed by atoms with E-state index in [1.807, 2.05) is 0 Å². The molecule has 182 valence electrons. The van der Waals surface area contributed by atoms with E-state index in [0.29, 0.717) is 0 Å². The van der Waals surface area contributed by atoms with E-state index < -0.39 is 36.5 Å². The van der Waals surface area contributed by atoms with Gasteiger partial charge in [-0.15, -0.1) is 0 Å². The van der Waals surface area contributed by atoms with E-state index in [1.165, 1.54) is 60.4 Å². The van der Waals surface area contributed by atoms with E-state index >= 15 is 0 Å². The summed E-state index contributed by atoms with van der Waals surface area (Å²) in [5, 5.41) is 49.4. The number of ketones is 1. The molecule has 0 bridgehead atoms. The number of hydrogen-bond acceptors (Lipinski definition) is 8. The monoisotopic (exact) mass is 474 g/mol. The average Bonchev–Trinajstić information content (AvgIpc) is 2.73. The molecular formula is C23H26N2O9. The molecular weight excluding hydrogens is 448 g/mol. The highest BCUT2D eigenvalue weighted by Gasteiger charge is 2.34. The van der Waals surface area contributed by atoms with Crippen molar-refractivity contribution in [2.45, 2.75) is 19.0 Å². The van der Waals surface area contributed by atoms with Gasteiger partial charge in [0.2, 0.25) is 0 Å². The quantitative estimate of drug-likeness (QED) is 0.283. The predicted octanol–water partition coefficient (Wildman–Crippen LogP) is 1.33. The van der Waals surface area contributed by atoms with Gasteiger partial charge < -0.3 is 25.5 Å². The zero-order chi connectivity index (χ0) is 25.4. The minimum Gasteiger partial charge on any atom is -0.508 e. The van der Waals surface area contributed by atoms with Crippen molar-refractivity contribution in [3.63, 3.8) is 0 Å². The van der Waals surface area contributed by atoms with Crippen molar-refractivity contribution in [2.24, 2.45) is 0 Å². The lowest BCUT2D eigenvalue weighted by Gasteiger charge is -2.33. The molecule has 0 radical (unpaired) electrons. The Morgan fingerprint density at radius 3 is 1.41 bits per heavy atom. The van der Waals surface area contributed by atoms with Gasteiger partial charge in [-0.3, -0.25) is 29.0 Å². The number of phenols is 2. The number of aromatic hydroxyl groups is 2. The van der Waals surface area contributed by atoms with Gasteiger partial charge in [0, 0.05) is 24.2 Å². The van der Waals surface area contributed by atoms with Gasteiger partial charge in [0.25, 0.3) is 0 Å². The minimum atomic E-state index is -1.55. The van der Waals surface area contributed by atoms with Gasteiger partial charge in [0.15, 0.2) is 0 Å². The molecule has 0 aliphatic carbocycles. The Bertz CT molecular complexity index is 973. The number of hydrogen-bond donors (Lipinski definition) is 5. The van der Waals surface area contributed by atoms with Crippen molar-refractivity contribution >= 4 is 23.7 Å². The third-order valence-electron chi connectivity index (χ3n) is 5.10. The second-order valence-corrected chi connectivity index (χ2v) is 7.64. The van der Waals surface area contributed by atoms with Crippen molar-refractivity contribution < 1.29 is 44.7 Å². The molecule has 0 heterocycles. The third-order valence-corrected chi connectivity index (χ3v) is 5.10. The van der Waals surface area contributed by atoms with Gasteiger partial charge in [-0.1, -0.05) is 36.4 Å². The smallest absolute Gasteiger partial charge is 0.325 e. The van der Waals surface area contributed by atoms with Crippen molar-refractivity contribution in [3.8, 4) is 11.5 Å². The molecule has 0 aliphatic heterocycles. The molecule has 0 aromatic heterocycles. The number of carboxylic acids is 3. The molecule has 0 saturated carbocycles. The summed E-state index contributed by atoms with van der Waals surface area (Å²) in [6, 6.07) is 8.30. The zero-order valence-electron chi connectivity index (χ0n) is 18.4. The average molecular weight is 474 g/mol. The number of aliphatic carboxylic acids is 3. The number of carboxylic acid groups (broad SMARTS) is 3. The van der Waals surface area contributed by atoms with Crippen LogP contribution in [-0.2, 0) is 19.2 Å². The van der Waals surface area contributed by atoms with Crippen LogP contribution >= 0.6 is 0 Å². The summed E-state index contributed by atoms with van der Waals surface area (Å²) in [4.78, 5) is 49.8. The maximum atomic E-state index is 12.1. The second kappa shape index (κ2) is 11.8. The molecule has 2 aromatic carbocycles. The first-order valence-electron chi connectivity index (χ1n) is 10.2. The fraction of sp³-hybridized carbons (Fsp3) is 0.304. The maximum absolute atomic E-state index is 12.1. The van der Waals surface area contributed by atoms with E-state index in [2.05, 4.69) is 0 Å². The largest absolute Gasteiger partial charge is 0.508 e. The van der Waals surface area contributed by atoms with Crippen molar-refractivity contribution in [2.75, 3.05) is 26.2 Å². The molecule has 0 amide bonds. The fourth-order valence-electron chi connectivity index (χ4n) is 3.72. The fourth-order valence-corrected chi connectivity index (χ4v) is 3.72. The molecule has 0 saturated heterocycles. The lowest BCUT2D eigenvalue weighted by molar-refractivity contribution is -0.149. The maximum Gasteiger partial charge on any atom is 0.325 e. The van der Waals surface area contributed by atoms with Gasteiger partial charge in [-0.05, 0) is 19.1 Å². The first-order valence-corrected chi connectivity index (χ1v) is 10.2. The van der Waals surface area contributed by atoms with Gasteiger partial charge in [0.05, 0.1) is 13.1 Å². The number of para-hydroxylation sites is 2. The van der Waals surface area contributed by atoms with Crippen LogP contribution in [0.3, 0.4) is 0 Å². The van der Waals surface area contributed by atoms with Crippen LogP contribution in [-0.4, -0.2) is 85.2 Å². The molecule has 11 heteroatoms. The Kier molecular flexibility index (Phi) is 9.10. The first kappa shape index (κ1) is 26.3. The molecule has 0 fully saturated rings. The molecule has 2 atom stereocenters. The number of rotatable bonds is 13. The number of benzene rings is 2. The SMILES string of the molecule is CC(=O)CN(CCN(CC(=O)O)C(C(=O)O)c1ccccc1O)[C@H](C(=O)O)c1ccccc1O. The van der Waals surface area contributed by atoms with Crippen LogP contribution in [0.5, 0.6) is 11.5 Å².